The first-order valence-electron chi connectivity index (χ1n) is 4.25. The summed E-state index contributed by atoms with van der Waals surface area (Å²) in [6, 6.07) is 4.96. The van der Waals surface area contributed by atoms with Crippen molar-refractivity contribution in [1.29, 1.82) is 0 Å². The van der Waals surface area contributed by atoms with Crippen molar-refractivity contribution in [3.63, 3.8) is 0 Å². The Kier molecular flexibility index (Phi) is 4.25. The van der Waals surface area contributed by atoms with Crippen LogP contribution in [-0.2, 0) is 6.42 Å². The molecule has 0 saturated carbocycles. The summed E-state index contributed by atoms with van der Waals surface area (Å²) >= 11 is 1.66. The lowest BCUT2D eigenvalue weighted by Crippen LogP contribution is -2.10. The summed E-state index contributed by atoms with van der Waals surface area (Å²) in [6.07, 6.45) is 2.89. The molecule has 0 bridgehead atoms. The fourth-order valence-corrected chi connectivity index (χ4v) is 1.83. The van der Waals surface area contributed by atoms with Crippen LogP contribution in [0.3, 0.4) is 0 Å². The molecule has 0 spiro atoms. The second-order valence-corrected chi connectivity index (χ2v) is 3.66. The van der Waals surface area contributed by atoms with Crippen molar-refractivity contribution in [2.45, 2.75) is 11.3 Å². The molecule has 13 heavy (non-hydrogen) atoms. The molecule has 1 nitrogen and oxygen atoms in total. The average Bonchev–Trinajstić information content (AvgIpc) is 2.15. The molecule has 0 heterocycles. The molecule has 0 aliphatic rings. The molecule has 3 heteroatoms. The molecule has 0 aromatic heterocycles. The predicted molar refractivity (Wildman–Crippen MR) is 55.8 cm³/mol. The number of hydrogen-bond acceptors (Lipinski definition) is 2. The van der Waals surface area contributed by atoms with Crippen LogP contribution < -0.4 is 5.32 Å². The van der Waals surface area contributed by atoms with Crippen molar-refractivity contribution >= 4 is 11.8 Å². The van der Waals surface area contributed by atoms with Gasteiger partial charge in [0.1, 0.15) is 5.82 Å². The Balaban J connectivity index is 2.81. The number of benzene rings is 1. The molecule has 1 aromatic rings. The van der Waals surface area contributed by atoms with E-state index in [1.54, 1.807) is 17.8 Å². The Morgan fingerprint density at radius 2 is 2.23 bits per heavy atom. The maximum absolute atomic E-state index is 12.9. The van der Waals surface area contributed by atoms with Gasteiger partial charge < -0.3 is 5.32 Å². The summed E-state index contributed by atoms with van der Waals surface area (Å²) in [4.78, 5) is 1.16. The van der Waals surface area contributed by atoms with E-state index in [4.69, 9.17) is 0 Å². The number of nitrogens with one attached hydrogen (secondary N) is 1. The molecule has 1 rings (SSSR count). The first kappa shape index (κ1) is 10.5. The summed E-state index contributed by atoms with van der Waals surface area (Å²) in [7, 11) is 1.90. The largest absolute Gasteiger partial charge is 0.319 e. The summed E-state index contributed by atoms with van der Waals surface area (Å²) in [5.41, 5.74) is 1.09. The number of halogens is 1. The van der Waals surface area contributed by atoms with E-state index in [0.29, 0.717) is 0 Å². The van der Waals surface area contributed by atoms with Gasteiger partial charge >= 0.3 is 0 Å². The van der Waals surface area contributed by atoms with Crippen LogP contribution >= 0.6 is 11.8 Å². The van der Waals surface area contributed by atoms with Gasteiger partial charge in [0, 0.05) is 4.90 Å². The topological polar surface area (TPSA) is 12.0 Å². The van der Waals surface area contributed by atoms with Gasteiger partial charge in [-0.2, -0.15) is 0 Å². The lowest BCUT2D eigenvalue weighted by molar-refractivity contribution is 0.622. The first-order valence-corrected chi connectivity index (χ1v) is 5.47. The Bertz CT molecular complexity index is 276. The van der Waals surface area contributed by atoms with Gasteiger partial charge in [-0.1, -0.05) is 0 Å². The molecule has 1 aromatic carbocycles. The molecule has 0 aliphatic carbocycles. The molecule has 0 unspecified atom stereocenters. The molecular formula is C10H14FNS. The standard InChI is InChI=1S/C10H14FNS/c1-12-6-5-8-7-9(11)3-4-10(8)13-2/h3-4,7,12H,5-6H2,1-2H3. The van der Waals surface area contributed by atoms with Gasteiger partial charge in [-0.15, -0.1) is 11.8 Å². The van der Waals surface area contributed by atoms with Gasteiger partial charge in [-0.3, -0.25) is 0 Å². The van der Waals surface area contributed by atoms with Gasteiger partial charge in [-0.25, -0.2) is 4.39 Å². The average molecular weight is 199 g/mol. The molecule has 0 amide bonds. The minimum absolute atomic E-state index is 0.149. The third-order valence-corrected chi connectivity index (χ3v) is 2.72. The van der Waals surface area contributed by atoms with Crippen molar-refractivity contribution in [2.24, 2.45) is 0 Å². The van der Waals surface area contributed by atoms with E-state index >= 15 is 0 Å². The van der Waals surface area contributed by atoms with Crippen molar-refractivity contribution in [2.75, 3.05) is 19.8 Å². The molecule has 0 saturated heterocycles. The van der Waals surface area contributed by atoms with Crippen LogP contribution in [0.2, 0.25) is 0 Å². The van der Waals surface area contributed by atoms with Gasteiger partial charge in [0.2, 0.25) is 0 Å². The van der Waals surface area contributed by atoms with E-state index < -0.39 is 0 Å². The number of rotatable bonds is 4. The lowest BCUT2D eigenvalue weighted by Gasteiger charge is -2.06. The predicted octanol–water partition coefficient (Wildman–Crippen LogP) is 2.31. The molecule has 0 radical (unpaired) electrons. The van der Waals surface area contributed by atoms with Gasteiger partial charge in [-0.05, 0) is 50.0 Å². The Morgan fingerprint density at radius 1 is 1.46 bits per heavy atom. The van der Waals surface area contributed by atoms with Gasteiger partial charge in [0.25, 0.3) is 0 Å². The Hall–Kier alpha value is -0.540. The van der Waals surface area contributed by atoms with E-state index in [2.05, 4.69) is 5.32 Å². The lowest BCUT2D eigenvalue weighted by atomic mass is 10.1. The van der Waals surface area contributed by atoms with Crippen LogP contribution in [0.4, 0.5) is 4.39 Å². The van der Waals surface area contributed by atoms with Crippen molar-refractivity contribution in [3.8, 4) is 0 Å². The second kappa shape index (κ2) is 5.25. The highest BCUT2D eigenvalue weighted by Crippen LogP contribution is 2.21. The highest BCUT2D eigenvalue weighted by molar-refractivity contribution is 7.98. The highest BCUT2D eigenvalue weighted by Gasteiger charge is 2.02. The number of thioether (sulfide) groups is 1. The summed E-state index contributed by atoms with van der Waals surface area (Å²) in [6.45, 7) is 0.886. The van der Waals surface area contributed by atoms with Crippen LogP contribution in [0, 0.1) is 5.82 Å². The quantitative estimate of drug-likeness (QED) is 0.747. The van der Waals surface area contributed by atoms with Crippen molar-refractivity contribution < 1.29 is 4.39 Å². The van der Waals surface area contributed by atoms with Crippen LogP contribution in [0.5, 0.6) is 0 Å². The maximum atomic E-state index is 12.9. The van der Waals surface area contributed by atoms with E-state index in [-0.39, 0.29) is 5.82 Å². The SMILES string of the molecule is CNCCc1cc(F)ccc1SC. The van der Waals surface area contributed by atoms with Crippen LogP contribution in [0.15, 0.2) is 23.1 Å². The van der Waals surface area contributed by atoms with Gasteiger partial charge in [0.15, 0.2) is 0 Å². The summed E-state index contributed by atoms with van der Waals surface area (Å²) < 4.78 is 12.9. The van der Waals surface area contributed by atoms with Crippen LogP contribution in [-0.4, -0.2) is 19.8 Å². The van der Waals surface area contributed by atoms with Crippen LogP contribution in [0.25, 0.3) is 0 Å². The van der Waals surface area contributed by atoms with Crippen molar-refractivity contribution in [3.05, 3.63) is 29.6 Å². The minimum atomic E-state index is -0.149. The highest BCUT2D eigenvalue weighted by atomic mass is 32.2. The molecule has 0 aliphatic heterocycles. The first-order chi connectivity index (χ1) is 6.27. The van der Waals surface area contributed by atoms with Gasteiger partial charge in [0.05, 0.1) is 0 Å². The zero-order valence-electron chi connectivity index (χ0n) is 7.93. The minimum Gasteiger partial charge on any atom is -0.319 e. The number of hydrogen-bond donors (Lipinski definition) is 1. The zero-order chi connectivity index (χ0) is 9.68. The fraction of sp³-hybridized carbons (Fsp3) is 0.400. The fourth-order valence-electron chi connectivity index (χ4n) is 1.20. The Morgan fingerprint density at radius 3 is 2.85 bits per heavy atom. The monoisotopic (exact) mass is 199 g/mol. The van der Waals surface area contributed by atoms with Crippen molar-refractivity contribution in [1.82, 2.24) is 5.32 Å². The summed E-state index contributed by atoms with van der Waals surface area (Å²) in [5, 5.41) is 3.06. The Labute approximate surface area is 82.7 Å². The molecule has 72 valence electrons. The zero-order valence-corrected chi connectivity index (χ0v) is 8.75. The van der Waals surface area contributed by atoms with E-state index in [9.17, 15) is 4.39 Å². The molecule has 0 atom stereocenters. The molecule has 0 fully saturated rings. The maximum Gasteiger partial charge on any atom is 0.123 e. The third kappa shape index (κ3) is 3.01. The van der Waals surface area contributed by atoms with E-state index in [1.165, 1.54) is 6.07 Å². The second-order valence-electron chi connectivity index (χ2n) is 2.81. The van der Waals surface area contributed by atoms with E-state index in [1.807, 2.05) is 19.4 Å². The third-order valence-electron chi connectivity index (χ3n) is 1.89. The summed E-state index contributed by atoms with van der Waals surface area (Å²) in [5.74, 6) is -0.149. The van der Waals surface area contributed by atoms with E-state index in [0.717, 1.165) is 23.4 Å². The normalized spacial score (nSPS) is 10.4. The number of likely N-dealkylation sites (N-methyl/N-ethyl adjacent to an activating group) is 1. The molecular weight excluding hydrogens is 185 g/mol. The smallest absolute Gasteiger partial charge is 0.123 e. The molecule has 1 N–H and O–H groups in total. The van der Waals surface area contributed by atoms with Crippen LogP contribution in [0.1, 0.15) is 5.56 Å².